The number of aromatic nitrogens is 2. The highest BCUT2D eigenvalue weighted by Crippen LogP contribution is 2.54. The summed E-state index contributed by atoms with van der Waals surface area (Å²) in [5.74, 6) is 0. The fourth-order valence-electron chi connectivity index (χ4n) is 11.5. The molecule has 70 heavy (non-hydrogen) atoms. The Morgan fingerprint density at radius 1 is 0.429 bits per heavy atom. The summed E-state index contributed by atoms with van der Waals surface area (Å²) in [7, 11) is 0. The second-order valence-corrected chi connectivity index (χ2v) is 18.1. The lowest BCUT2D eigenvalue weighted by molar-refractivity contribution is 0.669. The van der Waals surface area contributed by atoms with E-state index >= 15 is 0 Å². The van der Waals surface area contributed by atoms with Crippen LogP contribution < -0.4 is 0 Å². The van der Waals surface area contributed by atoms with Crippen molar-refractivity contribution in [1.29, 1.82) is 5.26 Å². The lowest BCUT2D eigenvalue weighted by Crippen LogP contribution is -2.09. The molecule has 0 aliphatic heterocycles. The summed E-state index contributed by atoms with van der Waals surface area (Å²) in [5, 5.41) is 21.7. The third-order valence-electron chi connectivity index (χ3n) is 14.4. The first-order valence-corrected chi connectivity index (χ1v) is 23.3. The Balaban J connectivity index is 1.27. The summed E-state index contributed by atoms with van der Waals surface area (Å²) in [6.07, 6.45) is 0. The van der Waals surface area contributed by atoms with Crippen molar-refractivity contribution in [2.24, 2.45) is 0 Å². The van der Waals surface area contributed by atoms with Crippen molar-refractivity contribution in [3.05, 3.63) is 211 Å². The van der Waals surface area contributed by atoms with Crippen LogP contribution in [0.15, 0.2) is 201 Å². The largest absolute Gasteiger partial charge is 0.454 e. The zero-order valence-corrected chi connectivity index (χ0v) is 37.4. The Kier molecular flexibility index (Phi) is 7.72. The zero-order valence-electron chi connectivity index (χ0n) is 37.4. The Labute approximate surface area is 398 Å². The molecule has 7 nitrogen and oxygen atoms in total. The quantitative estimate of drug-likeness (QED) is 0.165. The van der Waals surface area contributed by atoms with Crippen molar-refractivity contribution in [3.63, 3.8) is 0 Å². The Morgan fingerprint density at radius 2 is 0.843 bits per heavy atom. The molecule has 15 rings (SSSR count). The van der Waals surface area contributed by atoms with Gasteiger partial charge in [-0.3, -0.25) is 0 Å². The van der Waals surface area contributed by atoms with Crippen LogP contribution in [0, 0.1) is 24.8 Å². The predicted octanol–water partition coefficient (Wildman–Crippen LogP) is 17.6. The monoisotopic (exact) mass is 894 g/mol. The van der Waals surface area contributed by atoms with Crippen molar-refractivity contribution < 1.29 is 13.3 Å². The maximum Gasteiger partial charge on any atom is 0.220 e. The van der Waals surface area contributed by atoms with Crippen molar-refractivity contribution >= 4 is 115 Å². The average molecular weight is 895 g/mol. The number of benzene rings is 10. The topological polar surface area (TPSA) is 77.4 Å². The zero-order chi connectivity index (χ0) is 46.4. The first-order chi connectivity index (χ1) is 34.6. The van der Waals surface area contributed by atoms with Crippen LogP contribution in [0.4, 0.5) is 5.69 Å². The van der Waals surface area contributed by atoms with Gasteiger partial charge in [0.1, 0.15) is 22.8 Å². The van der Waals surface area contributed by atoms with Crippen LogP contribution >= 0.6 is 0 Å². The van der Waals surface area contributed by atoms with Gasteiger partial charge in [-0.05, 0) is 66.1 Å². The third-order valence-corrected chi connectivity index (χ3v) is 14.4. The van der Waals surface area contributed by atoms with Gasteiger partial charge in [0.15, 0.2) is 16.7 Å². The van der Waals surface area contributed by atoms with E-state index in [9.17, 15) is 11.8 Å². The smallest absolute Gasteiger partial charge is 0.220 e. The van der Waals surface area contributed by atoms with Crippen LogP contribution in [0.2, 0.25) is 0 Å². The molecule has 5 heterocycles. The standard InChI is InChI=1S/C63H34N4O3/c1-35-25-26-38-42-27-30-45-39-19-9-12-22-50(39)68-61(45)57(42)66(49(38)33-35)56-48(34-64)53(36-15-5-3-6-16-36)55(65-2)60(54(56)37-17-7-4-8-18-37)67-58-43(28-31-46-40-20-10-13-23-51(40)69-62(46)58)44-29-32-47-41-21-11-14-24-52(41)70-63(47)59(44)67/h3-33H,1H3. The fraction of sp³-hybridized carbons (Fsp3) is 0.0159. The van der Waals surface area contributed by atoms with Crippen LogP contribution in [-0.4, -0.2) is 9.13 Å². The van der Waals surface area contributed by atoms with Crippen LogP contribution in [0.5, 0.6) is 0 Å². The van der Waals surface area contributed by atoms with E-state index in [0.717, 1.165) is 109 Å². The predicted molar refractivity (Wildman–Crippen MR) is 284 cm³/mol. The van der Waals surface area contributed by atoms with Crippen molar-refractivity contribution in [2.75, 3.05) is 0 Å². The maximum absolute atomic E-state index is 12.1. The number of hydrogen-bond donors (Lipinski definition) is 0. The molecule has 7 heteroatoms. The molecule has 0 amide bonds. The number of nitrogens with zero attached hydrogens (tertiary/aromatic N) is 4. The van der Waals surface area contributed by atoms with E-state index in [1.165, 1.54) is 0 Å². The number of hydrogen-bond acceptors (Lipinski definition) is 4. The van der Waals surface area contributed by atoms with Gasteiger partial charge in [0.2, 0.25) is 5.69 Å². The molecule has 0 aliphatic rings. The second-order valence-electron chi connectivity index (χ2n) is 18.1. The number of furan rings is 3. The number of nitriles is 1. The van der Waals surface area contributed by atoms with Gasteiger partial charge in [-0.2, -0.15) is 5.26 Å². The van der Waals surface area contributed by atoms with Crippen molar-refractivity contribution in [3.8, 4) is 39.7 Å². The van der Waals surface area contributed by atoms with Crippen molar-refractivity contribution in [2.45, 2.75) is 6.92 Å². The Morgan fingerprint density at radius 3 is 1.33 bits per heavy atom. The normalized spacial score (nSPS) is 12.0. The van der Waals surface area contributed by atoms with Crippen LogP contribution in [-0.2, 0) is 0 Å². The summed E-state index contributed by atoms with van der Waals surface area (Å²) < 4.78 is 25.5. The van der Waals surface area contributed by atoms with E-state index in [4.69, 9.17) is 13.3 Å². The van der Waals surface area contributed by atoms with Gasteiger partial charge < -0.3 is 22.4 Å². The third kappa shape index (κ3) is 4.99. The second kappa shape index (κ2) is 14.1. The summed E-state index contributed by atoms with van der Waals surface area (Å²) >= 11 is 0. The lowest BCUT2D eigenvalue weighted by atomic mass is 9.88. The minimum atomic E-state index is 0.316. The van der Waals surface area contributed by atoms with E-state index in [1.807, 2.05) is 103 Å². The number of fused-ring (bicyclic) bond motifs is 18. The summed E-state index contributed by atoms with van der Waals surface area (Å²) in [5.41, 5.74) is 13.3. The molecule has 0 bridgehead atoms. The van der Waals surface area contributed by atoms with Gasteiger partial charge in [-0.25, -0.2) is 4.85 Å². The lowest BCUT2D eigenvalue weighted by Gasteiger charge is -2.25. The first-order valence-electron chi connectivity index (χ1n) is 23.3. The minimum Gasteiger partial charge on any atom is -0.454 e. The molecular weight excluding hydrogens is 861 g/mol. The fourth-order valence-corrected chi connectivity index (χ4v) is 11.5. The molecule has 0 atom stereocenters. The van der Waals surface area contributed by atoms with Crippen LogP contribution in [0.1, 0.15) is 11.1 Å². The average Bonchev–Trinajstić information content (AvgIpc) is 4.23. The molecule has 0 spiro atoms. The highest BCUT2D eigenvalue weighted by molar-refractivity contribution is 6.28. The van der Waals surface area contributed by atoms with E-state index in [2.05, 4.69) is 112 Å². The molecular formula is C63H34N4O3. The van der Waals surface area contributed by atoms with E-state index < -0.39 is 0 Å². The van der Waals surface area contributed by atoms with Crippen LogP contribution in [0.3, 0.4) is 0 Å². The minimum absolute atomic E-state index is 0.316. The molecule has 5 aromatic heterocycles. The number of para-hydroxylation sites is 3. The summed E-state index contributed by atoms with van der Waals surface area (Å²) in [6.45, 7) is 11.6. The van der Waals surface area contributed by atoms with Crippen LogP contribution in [0.25, 0.3) is 148 Å². The van der Waals surface area contributed by atoms with Gasteiger partial charge in [0.25, 0.3) is 0 Å². The van der Waals surface area contributed by atoms with E-state index in [0.29, 0.717) is 50.5 Å². The molecule has 0 aliphatic carbocycles. The molecule has 0 N–H and O–H groups in total. The SMILES string of the molecule is [C-]#[N+]c1c(-c2ccccc2)c(C#N)c(-n2c3cc(C)ccc3c3ccc4c5ccccc5oc4c32)c(-c2ccccc2)c1-n1c2c(ccc3c4ccccc4oc32)c2ccc3c4ccccc4oc3c21. The van der Waals surface area contributed by atoms with E-state index in [-0.39, 0.29) is 0 Å². The molecule has 0 fully saturated rings. The van der Waals surface area contributed by atoms with E-state index in [1.54, 1.807) is 0 Å². The Bertz CT molecular complexity index is 4730. The maximum atomic E-state index is 12.1. The highest BCUT2D eigenvalue weighted by Gasteiger charge is 2.34. The summed E-state index contributed by atoms with van der Waals surface area (Å²) in [4.78, 5) is 4.59. The molecule has 0 unspecified atom stereocenters. The van der Waals surface area contributed by atoms with Gasteiger partial charge in [0.05, 0.1) is 45.6 Å². The number of rotatable bonds is 4. The number of aryl methyl sites for hydroxylation is 1. The summed E-state index contributed by atoms with van der Waals surface area (Å²) in [6, 6.07) is 66.6. The van der Waals surface area contributed by atoms with Crippen molar-refractivity contribution in [1.82, 2.24) is 9.13 Å². The molecule has 15 aromatic rings. The van der Waals surface area contributed by atoms with Gasteiger partial charge in [-0.15, -0.1) is 0 Å². The van der Waals surface area contributed by atoms with Gasteiger partial charge >= 0.3 is 0 Å². The molecule has 324 valence electrons. The molecule has 0 saturated carbocycles. The molecule has 0 radical (unpaired) electrons. The Hall–Kier alpha value is -9.82. The first kappa shape index (κ1) is 38.3. The highest BCUT2D eigenvalue weighted by atomic mass is 16.3. The van der Waals surface area contributed by atoms with Gasteiger partial charge in [-0.1, -0.05) is 146 Å². The van der Waals surface area contributed by atoms with Gasteiger partial charge in [0, 0.05) is 65.0 Å². The molecule has 10 aromatic carbocycles. The molecule has 0 saturated heterocycles.